The van der Waals surface area contributed by atoms with Crippen molar-refractivity contribution < 1.29 is 4.79 Å². The fraction of sp³-hybridized carbons (Fsp3) is 0.333. The van der Waals surface area contributed by atoms with E-state index in [0.29, 0.717) is 0 Å². The van der Waals surface area contributed by atoms with Gasteiger partial charge in [0.15, 0.2) is 0 Å². The van der Waals surface area contributed by atoms with Crippen LogP contribution >= 0.6 is 15.9 Å². The van der Waals surface area contributed by atoms with Crippen molar-refractivity contribution in [2.24, 2.45) is 4.99 Å². The third-order valence-corrected chi connectivity index (χ3v) is 1.70. The average molecular weight is 188 g/mol. The number of dihydropyridines is 1. The van der Waals surface area contributed by atoms with E-state index in [0.717, 1.165) is 5.57 Å². The van der Waals surface area contributed by atoms with E-state index in [1.807, 2.05) is 13.0 Å². The highest BCUT2D eigenvalue weighted by Gasteiger charge is 2.12. The summed E-state index contributed by atoms with van der Waals surface area (Å²) in [5.41, 5.74) is 1.02. The molecule has 0 aliphatic carbocycles. The van der Waals surface area contributed by atoms with Crippen LogP contribution in [-0.2, 0) is 4.79 Å². The van der Waals surface area contributed by atoms with E-state index < -0.39 is 0 Å². The second-order valence-electron chi connectivity index (χ2n) is 1.91. The molecule has 0 saturated heterocycles. The molecule has 3 heteroatoms. The molecule has 1 aliphatic rings. The minimum Gasteiger partial charge on any atom is -0.271 e. The Labute approximate surface area is 61.8 Å². The maximum Gasteiger partial charge on any atom is 0.263 e. The lowest BCUT2D eigenvalue weighted by Gasteiger charge is -2.03. The number of carbonyl (C=O) groups is 1. The van der Waals surface area contributed by atoms with Crippen molar-refractivity contribution in [2.45, 2.75) is 11.8 Å². The van der Waals surface area contributed by atoms with Gasteiger partial charge in [-0.15, -0.1) is 0 Å². The normalized spacial score (nSPS) is 26.2. The molecule has 0 N–H and O–H groups in total. The Hall–Kier alpha value is -0.440. The smallest absolute Gasteiger partial charge is 0.263 e. The zero-order valence-electron chi connectivity index (χ0n) is 4.97. The minimum absolute atomic E-state index is 0.124. The van der Waals surface area contributed by atoms with Gasteiger partial charge in [0.1, 0.15) is 4.83 Å². The summed E-state index contributed by atoms with van der Waals surface area (Å²) in [5, 5.41) is 0. The van der Waals surface area contributed by atoms with Crippen LogP contribution in [0.4, 0.5) is 0 Å². The number of alkyl halides is 1. The molecule has 2 nitrogen and oxygen atoms in total. The zero-order chi connectivity index (χ0) is 6.85. The Morgan fingerprint density at radius 3 is 2.89 bits per heavy atom. The van der Waals surface area contributed by atoms with Crippen LogP contribution in [0.1, 0.15) is 6.92 Å². The highest BCUT2D eigenvalue weighted by molar-refractivity contribution is 9.10. The first kappa shape index (κ1) is 6.68. The lowest BCUT2D eigenvalue weighted by molar-refractivity contribution is -0.116. The van der Waals surface area contributed by atoms with Crippen molar-refractivity contribution in [1.82, 2.24) is 0 Å². The molecule has 1 atom stereocenters. The second-order valence-corrected chi connectivity index (χ2v) is 2.90. The molecule has 0 spiro atoms. The van der Waals surface area contributed by atoms with Gasteiger partial charge in [0.2, 0.25) is 0 Å². The van der Waals surface area contributed by atoms with Crippen LogP contribution in [0.3, 0.4) is 0 Å². The van der Waals surface area contributed by atoms with Crippen LogP contribution in [-0.4, -0.2) is 16.9 Å². The first-order chi connectivity index (χ1) is 4.20. The number of carbonyl (C=O) groups excluding carboxylic acids is 1. The van der Waals surface area contributed by atoms with Crippen molar-refractivity contribution in [2.75, 3.05) is 0 Å². The van der Waals surface area contributed by atoms with E-state index in [9.17, 15) is 4.79 Å². The van der Waals surface area contributed by atoms with E-state index in [1.54, 1.807) is 6.21 Å². The molecule has 1 unspecified atom stereocenters. The highest BCUT2D eigenvalue weighted by Crippen LogP contribution is 2.10. The SMILES string of the molecule is CC1=CC(Br)C(=O)N=C1. The largest absolute Gasteiger partial charge is 0.271 e. The van der Waals surface area contributed by atoms with Crippen LogP contribution in [0, 0.1) is 0 Å². The Morgan fingerprint density at radius 2 is 2.44 bits per heavy atom. The molecule has 1 amide bonds. The van der Waals surface area contributed by atoms with E-state index in [-0.39, 0.29) is 10.7 Å². The molecule has 0 bridgehead atoms. The van der Waals surface area contributed by atoms with Crippen molar-refractivity contribution in [3.8, 4) is 0 Å². The summed E-state index contributed by atoms with van der Waals surface area (Å²) in [7, 11) is 0. The van der Waals surface area contributed by atoms with Gasteiger partial charge >= 0.3 is 0 Å². The Bertz CT molecular complexity index is 195. The topological polar surface area (TPSA) is 29.4 Å². The molecule has 0 radical (unpaired) electrons. The second kappa shape index (κ2) is 2.43. The van der Waals surface area contributed by atoms with Gasteiger partial charge in [-0.05, 0) is 12.5 Å². The Morgan fingerprint density at radius 1 is 1.78 bits per heavy atom. The van der Waals surface area contributed by atoms with Crippen LogP contribution in [0.2, 0.25) is 0 Å². The summed E-state index contributed by atoms with van der Waals surface area (Å²) in [6, 6.07) is 0. The number of aliphatic imine (C=N–C) groups is 1. The van der Waals surface area contributed by atoms with Gasteiger partial charge < -0.3 is 0 Å². The van der Waals surface area contributed by atoms with Crippen LogP contribution in [0.15, 0.2) is 16.6 Å². The van der Waals surface area contributed by atoms with Crippen molar-refractivity contribution in [3.05, 3.63) is 11.6 Å². The van der Waals surface area contributed by atoms with E-state index in [1.165, 1.54) is 0 Å². The maximum absolute atomic E-state index is 10.7. The molecular formula is C6H6BrNO. The number of halogens is 1. The molecule has 0 fully saturated rings. The molecule has 0 aromatic heterocycles. The number of allylic oxidation sites excluding steroid dienone is 1. The molecule has 1 aliphatic heterocycles. The van der Waals surface area contributed by atoms with E-state index >= 15 is 0 Å². The van der Waals surface area contributed by atoms with Gasteiger partial charge in [0, 0.05) is 6.21 Å². The summed E-state index contributed by atoms with van der Waals surface area (Å²) in [5.74, 6) is -0.124. The molecule has 1 rings (SSSR count). The standard InChI is InChI=1S/C6H6BrNO/c1-4-2-5(7)6(9)8-3-4/h2-3,5H,1H3. The van der Waals surface area contributed by atoms with Crippen molar-refractivity contribution in [1.29, 1.82) is 0 Å². The summed E-state index contributed by atoms with van der Waals surface area (Å²) >= 11 is 3.15. The predicted octanol–water partition coefficient (Wildman–Crippen LogP) is 1.31. The summed E-state index contributed by atoms with van der Waals surface area (Å²) in [4.78, 5) is 14.1. The monoisotopic (exact) mass is 187 g/mol. The van der Waals surface area contributed by atoms with Crippen LogP contribution in [0.5, 0.6) is 0 Å². The van der Waals surface area contributed by atoms with Crippen LogP contribution in [0.25, 0.3) is 0 Å². The van der Waals surface area contributed by atoms with E-state index in [2.05, 4.69) is 20.9 Å². The summed E-state index contributed by atoms with van der Waals surface area (Å²) in [6.45, 7) is 1.91. The number of amides is 1. The first-order valence-corrected chi connectivity index (χ1v) is 3.52. The van der Waals surface area contributed by atoms with Gasteiger partial charge in [0.05, 0.1) is 0 Å². The zero-order valence-corrected chi connectivity index (χ0v) is 6.55. The number of nitrogens with zero attached hydrogens (tertiary/aromatic N) is 1. The first-order valence-electron chi connectivity index (χ1n) is 2.60. The summed E-state index contributed by atoms with van der Waals surface area (Å²) in [6.07, 6.45) is 3.40. The van der Waals surface area contributed by atoms with Gasteiger partial charge in [-0.1, -0.05) is 22.0 Å². The lowest BCUT2D eigenvalue weighted by Crippen LogP contribution is -2.12. The third kappa shape index (κ3) is 1.48. The van der Waals surface area contributed by atoms with Crippen LogP contribution < -0.4 is 0 Å². The quantitative estimate of drug-likeness (QED) is 0.527. The lowest BCUT2D eigenvalue weighted by atomic mass is 10.2. The van der Waals surface area contributed by atoms with Gasteiger partial charge in [0.25, 0.3) is 5.91 Å². The third-order valence-electron chi connectivity index (χ3n) is 1.04. The van der Waals surface area contributed by atoms with Gasteiger partial charge in [-0.25, -0.2) is 4.99 Å². The predicted molar refractivity (Wildman–Crippen MR) is 40.0 cm³/mol. The van der Waals surface area contributed by atoms with Crippen molar-refractivity contribution in [3.63, 3.8) is 0 Å². The van der Waals surface area contributed by atoms with Gasteiger partial charge in [-0.3, -0.25) is 4.79 Å². The highest BCUT2D eigenvalue weighted by atomic mass is 79.9. The molecular weight excluding hydrogens is 182 g/mol. The molecule has 9 heavy (non-hydrogen) atoms. The molecule has 48 valence electrons. The fourth-order valence-corrected chi connectivity index (χ4v) is 1.12. The number of rotatable bonds is 0. The molecule has 0 saturated carbocycles. The number of hydrogen-bond donors (Lipinski definition) is 0. The Kier molecular flexibility index (Phi) is 1.81. The fourth-order valence-electron chi connectivity index (χ4n) is 0.582. The van der Waals surface area contributed by atoms with Gasteiger partial charge in [-0.2, -0.15) is 0 Å². The molecule has 0 aromatic rings. The average Bonchev–Trinajstić information content (AvgIpc) is 1.80. The minimum atomic E-state index is -0.206. The maximum atomic E-state index is 10.7. The van der Waals surface area contributed by atoms with E-state index in [4.69, 9.17) is 0 Å². The molecule has 0 aromatic carbocycles. The number of hydrogen-bond acceptors (Lipinski definition) is 1. The van der Waals surface area contributed by atoms with Crippen molar-refractivity contribution >= 4 is 28.1 Å². The Balaban J connectivity index is 2.82. The molecule has 1 heterocycles. The summed E-state index contributed by atoms with van der Waals surface area (Å²) < 4.78 is 0.